The quantitative estimate of drug-likeness (QED) is 0.620. The van der Waals surface area contributed by atoms with Crippen LogP contribution < -0.4 is 15.4 Å². The first-order valence-corrected chi connectivity index (χ1v) is 9.21. The molecule has 0 atom stereocenters. The molecule has 2 N–H and O–H groups in total. The number of amides is 1. The van der Waals surface area contributed by atoms with E-state index in [2.05, 4.69) is 20.6 Å². The Balaban J connectivity index is 1.62. The number of ether oxygens (including phenoxy) is 1. The van der Waals surface area contributed by atoms with Gasteiger partial charge >= 0.3 is 0 Å². The van der Waals surface area contributed by atoms with Gasteiger partial charge in [-0.3, -0.25) is 4.79 Å². The first-order chi connectivity index (χ1) is 13.5. The average Bonchev–Trinajstić information content (AvgIpc) is 2.68. The van der Waals surface area contributed by atoms with E-state index in [4.69, 9.17) is 16.3 Å². The second-order valence-corrected chi connectivity index (χ2v) is 6.61. The molecule has 0 aliphatic heterocycles. The molecule has 2 aromatic carbocycles. The number of carbonyl (C=O) groups excluding carboxylic acids is 1. The average molecular weight is 397 g/mol. The molecule has 0 aliphatic rings. The van der Waals surface area contributed by atoms with E-state index in [1.807, 2.05) is 24.3 Å². The molecule has 0 fully saturated rings. The molecule has 28 heavy (non-hydrogen) atoms. The smallest absolute Gasteiger partial charge is 0.274 e. The summed E-state index contributed by atoms with van der Waals surface area (Å²) in [5.41, 5.74) is 2.08. The van der Waals surface area contributed by atoms with E-state index in [0.29, 0.717) is 34.6 Å². The molecule has 3 aromatic rings. The van der Waals surface area contributed by atoms with Crippen LogP contribution in [0.15, 0.2) is 54.6 Å². The molecular formula is C21H21ClN4O2. The third kappa shape index (κ3) is 5.44. The molecule has 0 radical (unpaired) electrons. The molecular weight excluding hydrogens is 376 g/mol. The lowest BCUT2D eigenvalue weighted by Gasteiger charge is -2.10. The molecule has 0 saturated carbocycles. The highest BCUT2D eigenvalue weighted by molar-refractivity contribution is 6.30. The van der Waals surface area contributed by atoms with E-state index < -0.39 is 0 Å². The number of hydrogen-bond donors (Lipinski definition) is 2. The Morgan fingerprint density at radius 3 is 2.61 bits per heavy atom. The van der Waals surface area contributed by atoms with E-state index in [-0.39, 0.29) is 5.91 Å². The fourth-order valence-electron chi connectivity index (χ4n) is 2.66. The maximum atomic E-state index is 12.5. The predicted molar refractivity (Wildman–Crippen MR) is 111 cm³/mol. The number of halogens is 1. The zero-order valence-electron chi connectivity index (χ0n) is 15.7. The summed E-state index contributed by atoms with van der Waals surface area (Å²) in [5, 5.41) is 6.59. The molecule has 3 rings (SSSR count). The number of anilines is 2. The minimum absolute atomic E-state index is 0.291. The lowest BCUT2D eigenvalue weighted by atomic mass is 10.1. The van der Waals surface area contributed by atoms with Crippen molar-refractivity contribution in [3.63, 3.8) is 0 Å². The summed E-state index contributed by atoms with van der Waals surface area (Å²) in [6.07, 6.45) is 0.817. The van der Waals surface area contributed by atoms with E-state index in [9.17, 15) is 4.79 Å². The molecule has 7 heteroatoms. The molecule has 1 amide bonds. The Kier molecular flexibility index (Phi) is 6.45. The van der Waals surface area contributed by atoms with Gasteiger partial charge in [0, 0.05) is 23.3 Å². The molecule has 0 bridgehead atoms. The van der Waals surface area contributed by atoms with Crippen molar-refractivity contribution < 1.29 is 9.53 Å². The lowest BCUT2D eigenvalue weighted by molar-refractivity contribution is 0.102. The zero-order chi connectivity index (χ0) is 19.9. The van der Waals surface area contributed by atoms with E-state index >= 15 is 0 Å². The molecule has 6 nitrogen and oxygen atoms in total. The molecule has 0 unspecified atom stereocenters. The van der Waals surface area contributed by atoms with Crippen molar-refractivity contribution in [3.05, 3.63) is 76.7 Å². The van der Waals surface area contributed by atoms with Crippen LogP contribution in [0.4, 0.5) is 11.5 Å². The molecule has 0 saturated heterocycles. The Bertz CT molecular complexity index is 961. The van der Waals surface area contributed by atoms with Gasteiger partial charge in [0.25, 0.3) is 5.91 Å². The number of rotatable bonds is 7. The van der Waals surface area contributed by atoms with Gasteiger partial charge in [0.15, 0.2) is 0 Å². The van der Waals surface area contributed by atoms with Gasteiger partial charge < -0.3 is 15.4 Å². The van der Waals surface area contributed by atoms with Gasteiger partial charge in [-0.2, -0.15) is 0 Å². The Morgan fingerprint density at radius 2 is 1.89 bits per heavy atom. The number of aromatic nitrogens is 2. The second kappa shape index (κ2) is 9.19. The van der Waals surface area contributed by atoms with Crippen LogP contribution in [-0.2, 0) is 6.42 Å². The summed E-state index contributed by atoms with van der Waals surface area (Å²) in [4.78, 5) is 21.1. The van der Waals surface area contributed by atoms with Gasteiger partial charge in [-0.05, 0) is 49.2 Å². The Morgan fingerprint density at radius 1 is 1.11 bits per heavy atom. The van der Waals surface area contributed by atoms with Gasteiger partial charge in [0.05, 0.1) is 7.11 Å². The SMILES string of the molecule is COc1ccc(CCNc2cc(C(=O)Nc3cccc(Cl)c3)nc(C)n2)cc1. The van der Waals surface area contributed by atoms with Crippen molar-refractivity contribution >= 4 is 29.0 Å². The number of hydrogen-bond acceptors (Lipinski definition) is 5. The van der Waals surface area contributed by atoms with Crippen molar-refractivity contribution in [2.24, 2.45) is 0 Å². The first kappa shape index (κ1) is 19.6. The van der Waals surface area contributed by atoms with Crippen LogP contribution in [-0.4, -0.2) is 29.5 Å². The fourth-order valence-corrected chi connectivity index (χ4v) is 2.85. The van der Waals surface area contributed by atoms with Crippen molar-refractivity contribution in [3.8, 4) is 5.75 Å². The van der Waals surface area contributed by atoms with Gasteiger partial charge in [-0.1, -0.05) is 29.8 Å². The number of methoxy groups -OCH3 is 1. The third-order valence-electron chi connectivity index (χ3n) is 4.03. The zero-order valence-corrected chi connectivity index (χ0v) is 16.5. The van der Waals surface area contributed by atoms with Crippen molar-refractivity contribution in [2.75, 3.05) is 24.3 Å². The highest BCUT2D eigenvalue weighted by Crippen LogP contribution is 2.16. The van der Waals surface area contributed by atoms with Crippen LogP contribution >= 0.6 is 11.6 Å². The van der Waals surface area contributed by atoms with Crippen LogP contribution in [0, 0.1) is 6.92 Å². The lowest BCUT2D eigenvalue weighted by Crippen LogP contribution is -2.16. The minimum Gasteiger partial charge on any atom is -0.497 e. The van der Waals surface area contributed by atoms with Crippen molar-refractivity contribution in [2.45, 2.75) is 13.3 Å². The summed E-state index contributed by atoms with van der Waals surface area (Å²) in [6.45, 7) is 2.43. The van der Waals surface area contributed by atoms with Crippen LogP contribution in [0.5, 0.6) is 5.75 Å². The monoisotopic (exact) mass is 396 g/mol. The minimum atomic E-state index is -0.314. The standard InChI is InChI=1S/C21H21ClN4O2/c1-14-24-19(21(27)26-17-5-3-4-16(22)12-17)13-20(25-14)23-11-10-15-6-8-18(28-2)9-7-15/h3-9,12-13H,10-11H2,1-2H3,(H,26,27)(H,23,24,25). The summed E-state index contributed by atoms with van der Waals surface area (Å²) in [5.74, 6) is 1.65. The topological polar surface area (TPSA) is 76.1 Å². The maximum absolute atomic E-state index is 12.5. The Hall–Kier alpha value is -3.12. The normalized spacial score (nSPS) is 10.4. The first-order valence-electron chi connectivity index (χ1n) is 8.83. The van der Waals surface area contributed by atoms with E-state index in [1.165, 1.54) is 5.56 Å². The summed E-state index contributed by atoms with van der Waals surface area (Å²) in [7, 11) is 1.65. The summed E-state index contributed by atoms with van der Waals surface area (Å²) >= 11 is 5.96. The van der Waals surface area contributed by atoms with E-state index in [0.717, 1.165) is 12.2 Å². The molecule has 0 spiro atoms. The van der Waals surface area contributed by atoms with Crippen LogP contribution in [0.1, 0.15) is 21.9 Å². The molecule has 1 aromatic heterocycles. The van der Waals surface area contributed by atoms with Gasteiger partial charge in [-0.15, -0.1) is 0 Å². The Labute approximate surface area is 168 Å². The fraction of sp³-hybridized carbons (Fsp3) is 0.190. The highest BCUT2D eigenvalue weighted by atomic mass is 35.5. The van der Waals surface area contributed by atoms with Crippen LogP contribution in [0.25, 0.3) is 0 Å². The number of aryl methyl sites for hydroxylation is 1. The van der Waals surface area contributed by atoms with Gasteiger partial charge in [-0.25, -0.2) is 9.97 Å². The number of nitrogens with one attached hydrogen (secondary N) is 2. The van der Waals surface area contributed by atoms with Crippen LogP contribution in [0.2, 0.25) is 5.02 Å². The summed E-state index contributed by atoms with van der Waals surface area (Å²) < 4.78 is 5.16. The molecule has 0 aliphatic carbocycles. The predicted octanol–water partition coefficient (Wildman–Crippen LogP) is 4.35. The third-order valence-corrected chi connectivity index (χ3v) is 4.27. The number of carbonyl (C=O) groups is 1. The van der Waals surface area contributed by atoms with Crippen LogP contribution in [0.3, 0.4) is 0 Å². The maximum Gasteiger partial charge on any atom is 0.274 e. The summed E-state index contributed by atoms with van der Waals surface area (Å²) in [6, 6.07) is 16.5. The highest BCUT2D eigenvalue weighted by Gasteiger charge is 2.11. The van der Waals surface area contributed by atoms with E-state index in [1.54, 1.807) is 44.4 Å². The number of benzene rings is 2. The number of nitrogens with zero attached hydrogens (tertiary/aromatic N) is 2. The largest absolute Gasteiger partial charge is 0.497 e. The van der Waals surface area contributed by atoms with Crippen molar-refractivity contribution in [1.29, 1.82) is 0 Å². The second-order valence-electron chi connectivity index (χ2n) is 6.17. The van der Waals surface area contributed by atoms with Gasteiger partial charge in [0.1, 0.15) is 23.1 Å². The van der Waals surface area contributed by atoms with Crippen molar-refractivity contribution in [1.82, 2.24) is 9.97 Å². The van der Waals surface area contributed by atoms with Gasteiger partial charge in [0.2, 0.25) is 0 Å². The molecule has 1 heterocycles. The molecule has 144 valence electrons.